The predicted molar refractivity (Wildman–Crippen MR) is 91.8 cm³/mol. The molecule has 4 N–H and O–H groups in total. The molecule has 0 aliphatic carbocycles. The fourth-order valence-electron chi connectivity index (χ4n) is 3.36. The van der Waals surface area contributed by atoms with Crippen LogP contribution < -0.4 is 16.4 Å². The first kappa shape index (κ1) is 16.9. The Balaban J connectivity index is 1.63. The molecule has 8 nitrogen and oxygen atoms in total. The zero-order valence-corrected chi connectivity index (χ0v) is 14.2. The van der Waals surface area contributed by atoms with Gasteiger partial charge >= 0.3 is 0 Å². The van der Waals surface area contributed by atoms with Gasteiger partial charge in [0.2, 0.25) is 11.9 Å². The summed E-state index contributed by atoms with van der Waals surface area (Å²) < 4.78 is 5.06. The minimum absolute atomic E-state index is 0.198. The molecule has 8 heteroatoms. The quantitative estimate of drug-likeness (QED) is 0.653. The van der Waals surface area contributed by atoms with E-state index in [1.54, 1.807) is 7.11 Å². The Kier molecular flexibility index (Phi) is 5.47. The summed E-state index contributed by atoms with van der Waals surface area (Å²) in [5, 5.41) is 6.78. The molecule has 1 fully saturated rings. The first-order chi connectivity index (χ1) is 11.7. The van der Waals surface area contributed by atoms with Crippen molar-refractivity contribution in [2.24, 2.45) is 5.92 Å². The summed E-state index contributed by atoms with van der Waals surface area (Å²) in [7, 11) is 1.65. The van der Waals surface area contributed by atoms with Crippen molar-refractivity contribution in [2.45, 2.75) is 19.3 Å². The van der Waals surface area contributed by atoms with Gasteiger partial charge in [-0.25, -0.2) is 4.98 Å². The number of carbonyl (C=O) groups is 1. The van der Waals surface area contributed by atoms with Gasteiger partial charge in [0, 0.05) is 57.6 Å². The Bertz CT molecular complexity index is 594. The number of ether oxygens (including phenoxy) is 1. The van der Waals surface area contributed by atoms with Crippen LogP contribution in [0.3, 0.4) is 0 Å². The van der Waals surface area contributed by atoms with Crippen LogP contribution in [0.1, 0.15) is 17.7 Å². The molecule has 0 saturated carbocycles. The number of rotatable bonds is 6. The number of hydrogen-bond acceptors (Lipinski definition) is 7. The monoisotopic (exact) mass is 334 g/mol. The number of aromatic nitrogens is 2. The molecule has 132 valence electrons. The van der Waals surface area contributed by atoms with Gasteiger partial charge in [-0.3, -0.25) is 4.79 Å². The Hall–Kier alpha value is -1.93. The summed E-state index contributed by atoms with van der Waals surface area (Å²) in [6.45, 7) is 4.55. The summed E-state index contributed by atoms with van der Waals surface area (Å²) in [6, 6.07) is 0. The van der Waals surface area contributed by atoms with Gasteiger partial charge in [0.1, 0.15) is 5.82 Å². The average Bonchev–Trinajstić information content (AvgIpc) is 2.76. The molecule has 1 aromatic rings. The highest BCUT2D eigenvalue weighted by atomic mass is 16.5. The van der Waals surface area contributed by atoms with Crippen LogP contribution in [0.5, 0.6) is 0 Å². The van der Waals surface area contributed by atoms with Crippen molar-refractivity contribution in [3.8, 4) is 0 Å². The van der Waals surface area contributed by atoms with E-state index in [9.17, 15) is 4.79 Å². The Morgan fingerprint density at radius 2 is 2.21 bits per heavy atom. The number of nitrogen functional groups attached to an aromatic ring is 1. The lowest BCUT2D eigenvalue weighted by Crippen LogP contribution is -2.29. The molecule has 0 radical (unpaired) electrons. The first-order valence-electron chi connectivity index (χ1n) is 8.54. The van der Waals surface area contributed by atoms with Crippen LogP contribution in [-0.2, 0) is 22.4 Å². The molecule has 2 aliphatic rings. The predicted octanol–water partition coefficient (Wildman–Crippen LogP) is -0.346. The molecule has 1 atom stereocenters. The van der Waals surface area contributed by atoms with E-state index in [1.165, 1.54) is 0 Å². The van der Waals surface area contributed by atoms with Crippen LogP contribution in [-0.4, -0.2) is 67.2 Å². The number of hydrogen-bond donors (Lipinski definition) is 3. The lowest BCUT2D eigenvalue weighted by atomic mass is 10.1. The van der Waals surface area contributed by atoms with E-state index in [4.69, 9.17) is 10.5 Å². The van der Waals surface area contributed by atoms with Crippen LogP contribution in [0.4, 0.5) is 11.8 Å². The van der Waals surface area contributed by atoms with Gasteiger partial charge < -0.3 is 26.0 Å². The van der Waals surface area contributed by atoms with Crippen LogP contribution in [0, 0.1) is 5.92 Å². The van der Waals surface area contributed by atoms with Gasteiger partial charge in [-0.1, -0.05) is 0 Å². The second kappa shape index (κ2) is 7.76. The molecule has 1 unspecified atom stereocenters. The summed E-state index contributed by atoms with van der Waals surface area (Å²) in [4.78, 5) is 22.7. The smallest absolute Gasteiger partial charge is 0.223 e. The van der Waals surface area contributed by atoms with Gasteiger partial charge in [0.05, 0.1) is 12.3 Å². The van der Waals surface area contributed by atoms with Crippen molar-refractivity contribution < 1.29 is 9.53 Å². The molecule has 0 spiro atoms. The van der Waals surface area contributed by atoms with Crippen molar-refractivity contribution >= 4 is 17.7 Å². The molecule has 1 amide bonds. The number of nitrogens with zero attached hydrogens (tertiary/aromatic N) is 3. The topological polar surface area (TPSA) is 105 Å². The van der Waals surface area contributed by atoms with E-state index < -0.39 is 0 Å². The normalized spacial score (nSPS) is 20.8. The first-order valence-corrected chi connectivity index (χ1v) is 8.54. The number of anilines is 2. The number of nitrogens with one attached hydrogen (secondary N) is 2. The van der Waals surface area contributed by atoms with E-state index >= 15 is 0 Å². The van der Waals surface area contributed by atoms with Gasteiger partial charge in [-0.15, -0.1) is 0 Å². The number of amides is 1. The molecule has 24 heavy (non-hydrogen) atoms. The number of carbonyl (C=O) groups excluding carboxylic acids is 1. The largest absolute Gasteiger partial charge is 0.383 e. The molecule has 2 aliphatic heterocycles. The van der Waals surface area contributed by atoms with Crippen molar-refractivity contribution in [2.75, 3.05) is 57.5 Å². The zero-order chi connectivity index (χ0) is 16.9. The third kappa shape index (κ3) is 3.93. The lowest BCUT2D eigenvalue weighted by molar-refractivity contribution is -0.128. The SMILES string of the molecule is COCCN1CC(CNc2nc(N)nc3c2CCNCC3)CC1=O. The van der Waals surface area contributed by atoms with Gasteiger partial charge in [0.15, 0.2) is 0 Å². The van der Waals surface area contributed by atoms with Crippen molar-refractivity contribution in [1.82, 2.24) is 20.2 Å². The Labute approximate surface area is 142 Å². The minimum Gasteiger partial charge on any atom is -0.383 e. The molecule has 3 rings (SSSR count). The fourth-order valence-corrected chi connectivity index (χ4v) is 3.36. The lowest BCUT2D eigenvalue weighted by Gasteiger charge is -2.17. The van der Waals surface area contributed by atoms with E-state index in [1.807, 2.05) is 4.90 Å². The third-order valence-electron chi connectivity index (χ3n) is 4.62. The van der Waals surface area contributed by atoms with Gasteiger partial charge in [0.25, 0.3) is 0 Å². The standard InChI is InChI=1S/C16H26N6O2/c1-24-7-6-22-10-11(8-14(22)23)9-19-15-12-2-4-18-5-3-13(12)20-16(17)21-15/h11,18H,2-10H2,1H3,(H3,17,19,20,21). The fraction of sp³-hybridized carbons (Fsp3) is 0.688. The summed E-state index contributed by atoms with van der Waals surface area (Å²) in [5.41, 5.74) is 8.03. The molecule has 3 heterocycles. The second-order valence-corrected chi connectivity index (χ2v) is 6.39. The molecular weight excluding hydrogens is 308 g/mol. The summed E-state index contributed by atoms with van der Waals surface area (Å²) in [5.74, 6) is 1.61. The molecule has 0 bridgehead atoms. The van der Waals surface area contributed by atoms with Crippen LogP contribution >= 0.6 is 0 Å². The Morgan fingerprint density at radius 3 is 3.04 bits per heavy atom. The molecule has 0 aromatic carbocycles. The molecular formula is C16H26N6O2. The maximum atomic E-state index is 12.0. The maximum absolute atomic E-state index is 12.0. The van der Waals surface area contributed by atoms with Gasteiger partial charge in [-0.2, -0.15) is 4.98 Å². The molecule has 1 aromatic heterocycles. The zero-order valence-electron chi connectivity index (χ0n) is 14.2. The third-order valence-corrected chi connectivity index (χ3v) is 4.62. The van der Waals surface area contributed by atoms with Crippen molar-refractivity contribution in [3.63, 3.8) is 0 Å². The van der Waals surface area contributed by atoms with Crippen molar-refractivity contribution in [3.05, 3.63) is 11.3 Å². The summed E-state index contributed by atoms with van der Waals surface area (Å²) >= 11 is 0. The van der Waals surface area contributed by atoms with Crippen LogP contribution in [0.15, 0.2) is 0 Å². The highest BCUT2D eigenvalue weighted by Crippen LogP contribution is 2.23. The maximum Gasteiger partial charge on any atom is 0.223 e. The number of methoxy groups -OCH3 is 1. The van der Waals surface area contributed by atoms with Gasteiger partial charge in [-0.05, 0) is 13.0 Å². The van der Waals surface area contributed by atoms with E-state index in [-0.39, 0.29) is 11.8 Å². The number of likely N-dealkylation sites (tertiary alicyclic amines) is 1. The van der Waals surface area contributed by atoms with Crippen LogP contribution in [0.25, 0.3) is 0 Å². The van der Waals surface area contributed by atoms with Crippen molar-refractivity contribution in [1.29, 1.82) is 0 Å². The van der Waals surface area contributed by atoms with E-state index in [0.717, 1.165) is 49.6 Å². The minimum atomic E-state index is 0.198. The van der Waals surface area contributed by atoms with Crippen LogP contribution in [0.2, 0.25) is 0 Å². The second-order valence-electron chi connectivity index (χ2n) is 6.39. The average molecular weight is 334 g/mol. The van der Waals surface area contributed by atoms with E-state index in [2.05, 4.69) is 20.6 Å². The molecule has 1 saturated heterocycles. The number of nitrogens with two attached hydrogens (primary N) is 1. The number of fused-ring (bicyclic) bond motifs is 1. The highest BCUT2D eigenvalue weighted by Gasteiger charge is 2.29. The highest BCUT2D eigenvalue weighted by molar-refractivity contribution is 5.78. The Morgan fingerprint density at radius 1 is 1.38 bits per heavy atom. The summed E-state index contributed by atoms with van der Waals surface area (Å²) in [6.07, 6.45) is 2.33. The van der Waals surface area contributed by atoms with E-state index in [0.29, 0.717) is 32.1 Å².